The van der Waals surface area contributed by atoms with Gasteiger partial charge in [0.25, 0.3) is 5.91 Å². The highest BCUT2D eigenvalue weighted by atomic mass is 35.5. The van der Waals surface area contributed by atoms with Crippen LogP contribution in [0.3, 0.4) is 0 Å². The third kappa shape index (κ3) is 4.77. The molecule has 1 N–H and O–H groups in total. The molecule has 1 heterocycles. The van der Waals surface area contributed by atoms with Crippen LogP contribution in [-0.2, 0) is 4.79 Å². The van der Waals surface area contributed by atoms with Crippen LogP contribution in [0.15, 0.2) is 18.2 Å². The van der Waals surface area contributed by atoms with E-state index in [0.29, 0.717) is 15.8 Å². The molecule has 1 atom stereocenters. The van der Waals surface area contributed by atoms with Crippen molar-refractivity contribution in [2.45, 2.75) is 38.8 Å². The molecule has 0 radical (unpaired) electrons. The molecule has 4 nitrogen and oxygen atoms in total. The Labute approximate surface area is 141 Å². The molecule has 1 saturated heterocycles. The summed E-state index contributed by atoms with van der Waals surface area (Å²) < 4.78 is 5.63. The van der Waals surface area contributed by atoms with Gasteiger partial charge in [0.05, 0.1) is 5.02 Å². The maximum absolute atomic E-state index is 12.2. The average Bonchev–Trinajstić information content (AvgIpc) is 2.51. The van der Waals surface area contributed by atoms with Crippen molar-refractivity contribution < 1.29 is 9.53 Å². The first-order valence-electron chi connectivity index (χ1n) is 7.64. The molecule has 0 spiro atoms. The molecular formula is C16H22Cl2N2O2. The van der Waals surface area contributed by atoms with E-state index in [9.17, 15) is 4.79 Å². The van der Waals surface area contributed by atoms with Crippen LogP contribution in [0, 0.1) is 0 Å². The van der Waals surface area contributed by atoms with Crippen molar-refractivity contribution in [1.82, 2.24) is 10.2 Å². The van der Waals surface area contributed by atoms with Gasteiger partial charge in [-0.25, -0.2) is 0 Å². The lowest BCUT2D eigenvalue weighted by atomic mass is 10.0. The second kappa shape index (κ2) is 8.04. The third-order valence-electron chi connectivity index (χ3n) is 3.95. The highest BCUT2D eigenvalue weighted by Crippen LogP contribution is 2.28. The first-order chi connectivity index (χ1) is 10.5. The van der Waals surface area contributed by atoms with Crippen LogP contribution in [0.1, 0.15) is 26.7 Å². The van der Waals surface area contributed by atoms with E-state index in [-0.39, 0.29) is 11.9 Å². The van der Waals surface area contributed by atoms with Crippen molar-refractivity contribution in [1.29, 1.82) is 0 Å². The van der Waals surface area contributed by atoms with E-state index >= 15 is 0 Å². The van der Waals surface area contributed by atoms with Gasteiger partial charge in [-0.3, -0.25) is 4.79 Å². The Morgan fingerprint density at radius 3 is 2.73 bits per heavy atom. The number of rotatable bonds is 5. The predicted octanol–water partition coefficient (Wildman–Crippen LogP) is 3.36. The van der Waals surface area contributed by atoms with Crippen molar-refractivity contribution in [3.8, 4) is 5.75 Å². The first kappa shape index (κ1) is 17.4. The van der Waals surface area contributed by atoms with Gasteiger partial charge in [0.15, 0.2) is 6.10 Å². The van der Waals surface area contributed by atoms with E-state index in [1.165, 1.54) is 0 Å². The van der Waals surface area contributed by atoms with Crippen molar-refractivity contribution in [3.05, 3.63) is 28.2 Å². The van der Waals surface area contributed by atoms with E-state index in [4.69, 9.17) is 27.9 Å². The molecule has 6 heteroatoms. The SMILES string of the molecule is CCN1CCC(NC(=O)[C@H](C)Oc2cc(Cl)ccc2Cl)CC1. The minimum absolute atomic E-state index is 0.119. The number of piperidine rings is 1. The number of nitrogens with one attached hydrogen (secondary N) is 1. The minimum atomic E-state index is -0.611. The van der Waals surface area contributed by atoms with Crippen LogP contribution >= 0.6 is 23.2 Å². The molecule has 0 bridgehead atoms. The molecule has 0 saturated carbocycles. The van der Waals surface area contributed by atoms with Crippen LogP contribution in [0.4, 0.5) is 0 Å². The normalized spacial score (nSPS) is 18.0. The Kier molecular flexibility index (Phi) is 6.36. The molecule has 1 aliphatic heterocycles. The van der Waals surface area contributed by atoms with E-state index in [0.717, 1.165) is 32.5 Å². The maximum Gasteiger partial charge on any atom is 0.260 e. The van der Waals surface area contributed by atoms with Crippen LogP contribution in [0.2, 0.25) is 10.0 Å². The molecule has 1 aliphatic rings. The lowest BCUT2D eigenvalue weighted by Gasteiger charge is -2.32. The summed E-state index contributed by atoms with van der Waals surface area (Å²) in [4.78, 5) is 14.6. The van der Waals surface area contributed by atoms with E-state index in [2.05, 4.69) is 17.1 Å². The number of hydrogen-bond acceptors (Lipinski definition) is 3. The van der Waals surface area contributed by atoms with Gasteiger partial charge in [-0.05, 0) is 38.4 Å². The first-order valence-corrected chi connectivity index (χ1v) is 8.39. The van der Waals surface area contributed by atoms with Gasteiger partial charge in [0, 0.05) is 30.2 Å². The standard InChI is InChI=1S/C16H22Cl2N2O2/c1-3-20-8-6-13(7-9-20)19-16(21)11(2)22-15-10-12(17)4-5-14(15)18/h4-5,10-11,13H,3,6-9H2,1-2H3,(H,19,21)/t11-/m0/s1. The van der Waals surface area contributed by atoms with Gasteiger partial charge in [0.1, 0.15) is 5.75 Å². The zero-order valence-electron chi connectivity index (χ0n) is 12.9. The molecule has 2 rings (SSSR count). The molecule has 0 aliphatic carbocycles. The topological polar surface area (TPSA) is 41.6 Å². The summed E-state index contributed by atoms with van der Waals surface area (Å²) in [5.41, 5.74) is 0. The Bertz CT molecular complexity index is 517. The van der Waals surface area contributed by atoms with Gasteiger partial charge in [-0.1, -0.05) is 30.1 Å². The zero-order valence-corrected chi connectivity index (χ0v) is 14.5. The highest BCUT2D eigenvalue weighted by molar-refractivity contribution is 6.34. The molecule has 22 heavy (non-hydrogen) atoms. The molecule has 0 aromatic heterocycles. The maximum atomic E-state index is 12.2. The zero-order chi connectivity index (χ0) is 16.1. The third-order valence-corrected chi connectivity index (χ3v) is 4.49. The van der Waals surface area contributed by atoms with Gasteiger partial charge in [-0.2, -0.15) is 0 Å². The van der Waals surface area contributed by atoms with Crippen LogP contribution in [0.25, 0.3) is 0 Å². The molecule has 1 aromatic rings. The Balaban J connectivity index is 1.86. The second-order valence-corrected chi connectivity index (χ2v) is 6.40. The number of halogens is 2. The number of hydrogen-bond donors (Lipinski definition) is 1. The lowest BCUT2D eigenvalue weighted by Crippen LogP contribution is -2.48. The number of benzene rings is 1. The Morgan fingerprint density at radius 1 is 1.41 bits per heavy atom. The van der Waals surface area contributed by atoms with E-state index < -0.39 is 6.10 Å². The summed E-state index contributed by atoms with van der Waals surface area (Å²) in [6.07, 6.45) is 1.34. The molecule has 1 fully saturated rings. The molecule has 1 amide bonds. The average molecular weight is 345 g/mol. The van der Waals surface area contributed by atoms with Crippen LogP contribution in [-0.4, -0.2) is 42.6 Å². The number of ether oxygens (including phenoxy) is 1. The van der Waals surface area contributed by atoms with Gasteiger partial charge >= 0.3 is 0 Å². The summed E-state index contributed by atoms with van der Waals surface area (Å²) in [7, 11) is 0. The van der Waals surface area contributed by atoms with Crippen molar-refractivity contribution >= 4 is 29.1 Å². The van der Waals surface area contributed by atoms with Crippen LogP contribution in [0.5, 0.6) is 5.75 Å². The number of amides is 1. The fraction of sp³-hybridized carbons (Fsp3) is 0.562. The fourth-order valence-electron chi connectivity index (χ4n) is 2.52. The number of nitrogens with zero attached hydrogens (tertiary/aromatic N) is 1. The number of carbonyl (C=O) groups is 1. The van der Waals surface area contributed by atoms with Gasteiger partial charge in [0.2, 0.25) is 0 Å². The van der Waals surface area contributed by atoms with Crippen molar-refractivity contribution in [3.63, 3.8) is 0 Å². The largest absolute Gasteiger partial charge is 0.479 e. The minimum Gasteiger partial charge on any atom is -0.479 e. The summed E-state index contributed by atoms with van der Waals surface area (Å²) in [6.45, 7) is 6.98. The fourth-order valence-corrected chi connectivity index (χ4v) is 2.85. The molecule has 1 aromatic carbocycles. The lowest BCUT2D eigenvalue weighted by molar-refractivity contribution is -0.128. The summed E-state index contributed by atoms with van der Waals surface area (Å²) in [5, 5.41) is 4.02. The smallest absolute Gasteiger partial charge is 0.260 e. The number of likely N-dealkylation sites (tertiary alicyclic amines) is 1. The van der Waals surface area contributed by atoms with E-state index in [1.54, 1.807) is 25.1 Å². The summed E-state index contributed by atoms with van der Waals surface area (Å²) >= 11 is 12.0. The Morgan fingerprint density at radius 2 is 2.09 bits per heavy atom. The Hall–Kier alpha value is -0.970. The highest BCUT2D eigenvalue weighted by Gasteiger charge is 2.23. The summed E-state index contributed by atoms with van der Waals surface area (Å²) in [5.74, 6) is 0.309. The molecular weight excluding hydrogens is 323 g/mol. The molecule has 0 unspecified atom stereocenters. The number of carbonyl (C=O) groups excluding carboxylic acids is 1. The van der Waals surface area contributed by atoms with Gasteiger partial charge in [-0.15, -0.1) is 0 Å². The van der Waals surface area contributed by atoms with Crippen molar-refractivity contribution in [2.75, 3.05) is 19.6 Å². The predicted molar refractivity (Wildman–Crippen MR) is 89.8 cm³/mol. The van der Waals surface area contributed by atoms with E-state index in [1.807, 2.05) is 0 Å². The van der Waals surface area contributed by atoms with Crippen molar-refractivity contribution in [2.24, 2.45) is 0 Å². The van der Waals surface area contributed by atoms with Gasteiger partial charge < -0.3 is 15.0 Å². The second-order valence-electron chi connectivity index (χ2n) is 5.55. The quantitative estimate of drug-likeness (QED) is 0.890. The van der Waals surface area contributed by atoms with Crippen LogP contribution < -0.4 is 10.1 Å². The summed E-state index contributed by atoms with van der Waals surface area (Å²) in [6, 6.07) is 5.18. The monoisotopic (exact) mass is 344 g/mol. The molecule has 122 valence electrons.